The van der Waals surface area contributed by atoms with E-state index < -0.39 is 0 Å². The molecular weight excluding hydrogens is 284 g/mol. The van der Waals surface area contributed by atoms with Crippen LogP contribution in [0.25, 0.3) is 10.2 Å². The Morgan fingerprint density at radius 3 is 2.76 bits per heavy atom. The number of fused-ring (bicyclic) bond motifs is 1. The second-order valence-electron chi connectivity index (χ2n) is 4.61. The van der Waals surface area contributed by atoms with E-state index in [0.29, 0.717) is 10.7 Å². The van der Waals surface area contributed by atoms with Gasteiger partial charge in [-0.25, -0.2) is 4.98 Å². The van der Waals surface area contributed by atoms with E-state index in [2.05, 4.69) is 15.7 Å². The van der Waals surface area contributed by atoms with Crippen LogP contribution in [0.4, 0.5) is 10.8 Å². The summed E-state index contributed by atoms with van der Waals surface area (Å²) in [4.78, 5) is 16.6. The lowest BCUT2D eigenvalue weighted by atomic mass is 10.1. The summed E-state index contributed by atoms with van der Waals surface area (Å²) in [6.45, 7) is 1.89. The largest absolute Gasteiger partial charge is 0.324 e. The zero-order valence-corrected chi connectivity index (χ0v) is 12.2. The summed E-state index contributed by atoms with van der Waals surface area (Å²) in [7, 11) is 0. The van der Waals surface area contributed by atoms with Crippen LogP contribution in [-0.4, -0.2) is 10.9 Å². The molecule has 0 aliphatic carbocycles. The fourth-order valence-corrected chi connectivity index (χ4v) is 2.92. The van der Waals surface area contributed by atoms with E-state index in [1.807, 2.05) is 31.2 Å². The second kappa shape index (κ2) is 5.51. The number of amides is 1. The van der Waals surface area contributed by atoms with Gasteiger partial charge < -0.3 is 5.43 Å². The van der Waals surface area contributed by atoms with Crippen molar-refractivity contribution in [2.75, 3.05) is 10.7 Å². The molecule has 0 atom stereocenters. The third-order valence-electron chi connectivity index (χ3n) is 3.16. The number of rotatable bonds is 3. The lowest BCUT2D eigenvalue weighted by molar-refractivity contribution is 0.102. The van der Waals surface area contributed by atoms with Gasteiger partial charge in [-0.1, -0.05) is 23.5 Å². The van der Waals surface area contributed by atoms with Crippen LogP contribution in [0.3, 0.4) is 0 Å². The van der Waals surface area contributed by atoms with E-state index in [0.717, 1.165) is 21.5 Å². The molecule has 0 fully saturated rings. The average Bonchev–Trinajstić information content (AvgIpc) is 2.89. The van der Waals surface area contributed by atoms with Crippen molar-refractivity contribution in [1.29, 1.82) is 0 Å². The highest BCUT2D eigenvalue weighted by Gasteiger charge is 2.10. The van der Waals surface area contributed by atoms with Gasteiger partial charge in [-0.2, -0.15) is 0 Å². The first kappa shape index (κ1) is 13.5. The first-order valence-corrected chi connectivity index (χ1v) is 7.23. The summed E-state index contributed by atoms with van der Waals surface area (Å²) >= 11 is 1.46. The molecule has 21 heavy (non-hydrogen) atoms. The maximum Gasteiger partial charge on any atom is 0.257 e. The Labute approximate surface area is 125 Å². The van der Waals surface area contributed by atoms with Gasteiger partial charge in [-0.3, -0.25) is 16.0 Å². The number of nitrogen functional groups attached to an aromatic ring is 1. The van der Waals surface area contributed by atoms with Gasteiger partial charge in [0.05, 0.1) is 15.9 Å². The molecule has 0 saturated heterocycles. The van der Waals surface area contributed by atoms with Gasteiger partial charge in [0, 0.05) is 5.56 Å². The number of thiazole rings is 1. The normalized spacial score (nSPS) is 10.6. The molecule has 0 spiro atoms. The molecule has 0 aliphatic heterocycles. The van der Waals surface area contributed by atoms with Gasteiger partial charge in [0.1, 0.15) is 0 Å². The fraction of sp³-hybridized carbons (Fsp3) is 0.0667. The van der Waals surface area contributed by atoms with Gasteiger partial charge in [0.2, 0.25) is 0 Å². The molecule has 0 unspecified atom stereocenters. The van der Waals surface area contributed by atoms with Crippen molar-refractivity contribution in [3.05, 3.63) is 53.6 Å². The Morgan fingerprint density at radius 2 is 2.05 bits per heavy atom. The fourth-order valence-electron chi connectivity index (χ4n) is 2.06. The number of aromatic nitrogens is 1. The summed E-state index contributed by atoms with van der Waals surface area (Å²) in [5, 5.41) is 3.43. The van der Waals surface area contributed by atoms with E-state index in [-0.39, 0.29) is 5.91 Å². The lowest BCUT2D eigenvalue weighted by Gasteiger charge is -2.07. The molecule has 2 aromatic carbocycles. The highest BCUT2D eigenvalue weighted by molar-refractivity contribution is 7.22. The molecule has 4 N–H and O–H groups in total. The van der Waals surface area contributed by atoms with E-state index in [1.165, 1.54) is 11.3 Å². The topological polar surface area (TPSA) is 80.0 Å². The Bertz CT molecular complexity index is 779. The maximum atomic E-state index is 12.2. The third-order valence-corrected chi connectivity index (χ3v) is 4.11. The predicted octanol–water partition coefficient (Wildman–Crippen LogP) is 3.14. The number of hydrazine groups is 1. The number of nitrogens with one attached hydrogen (secondary N) is 2. The minimum Gasteiger partial charge on any atom is -0.324 e. The first-order chi connectivity index (χ1) is 10.2. The Morgan fingerprint density at radius 1 is 1.24 bits per heavy atom. The molecule has 0 aliphatic rings. The molecule has 106 valence electrons. The van der Waals surface area contributed by atoms with Crippen molar-refractivity contribution in [2.45, 2.75) is 6.92 Å². The standard InChI is InChI=1S/C15H14N4OS/c1-9-8-10(6-7-11(9)19-16)14(20)18-15-17-12-4-2-3-5-13(12)21-15/h2-8,19H,16H2,1H3,(H,17,18,20). The monoisotopic (exact) mass is 298 g/mol. The molecular formula is C15H14N4OS. The molecule has 3 rings (SSSR count). The maximum absolute atomic E-state index is 12.2. The molecule has 0 bridgehead atoms. The zero-order valence-electron chi connectivity index (χ0n) is 11.4. The highest BCUT2D eigenvalue weighted by Crippen LogP contribution is 2.26. The molecule has 6 heteroatoms. The van der Waals surface area contributed by atoms with E-state index in [9.17, 15) is 4.79 Å². The number of aryl methyl sites for hydroxylation is 1. The lowest BCUT2D eigenvalue weighted by Crippen LogP contribution is -2.13. The third kappa shape index (κ3) is 2.72. The number of anilines is 2. The number of benzene rings is 2. The van der Waals surface area contributed by atoms with Gasteiger partial charge in [-0.05, 0) is 42.8 Å². The number of nitrogens with zero attached hydrogens (tertiary/aromatic N) is 1. The van der Waals surface area contributed by atoms with Crippen molar-refractivity contribution in [1.82, 2.24) is 4.98 Å². The molecule has 0 radical (unpaired) electrons. The minimum atomic E-state index is -0.180. The zero-order chi connectivity index (χ0) is 14.8. The van der Waals surface area contributed by atoms with Crippen LogP contribution in [0.1, 0.15) is 15.9 Å². The van der Waals surface area contributed by atoms with Crippen LogP contribution < -0.4 is 16.6 Å². The van der Waals surface area contributed by atoms with Gasteiger partial charge in [0.15, 0.2) is 5.13 Å². The van der Waals surface area contributed by atoms with Crippen LogP contribution in [-0.2, 0) is 0 Å². The van der Waals surface area contributed by atoms with Crippen molar-refractivity contribution in [3.8, 4) is 0 Å². The number of para-hydroxylation sites is 1. The van der Waals surface area contributed by atoms with Gasteiger partial charge in [-0.15, -0.1) is 0 Å². The molecule has 1 heterocycles. The van der Waals surface area contributed by atoms with Crippen molar-refractivity contribution < 1.29 is 4.79 Å². The van der Waals surface area contributed by atoms with Gasteiger partial charge in [0.25, 0.3) is 5.91 Å². The van der Waals surface area contributed by atoms with Crippen LogP contribution in [0.2, 0.25) is 0 Å². The summed E-state index contributed by atoms with van der Waals surface area (Å²) < 4.78 is 1.05. The summed E-state index contributed by atoms with van der Waals surface area (Å²) in [6, 6.07) is 13.1. The van der Waals surface area contributed by atoms with E-state index >= 15 is 0 Å². The quantitative estimate of drug-likeness (QED) is 0.512. The van der Waals surface area contributed by atoms with E-state index in [4.69, 9.17) is 5.84 Å². The Hall–Kier alpha value is -2.44. The Balaban J connectivity index is 1.84. The number of hydrogen-bond donors (Lipinski definition) is 3. The Kier molecular flexibility index (Phi) is 3.55. The second-order valence-corrected chi connectivity index (χ2v) is 5.65. The van der Waals surface area contributed by atoms with Crippen LogP contribution in [0.15, 0.2) is 42.5 Å². The van der Waals surface area contributed by atoms with Crippen molar-refractivity contribution >= 4 is 38.3 Å². The van der Waals surface area contributed by atoms with Gasteiger partial charge >= 0.3 is 0 Å². The van der Waals surface area contributed by atoms with Crippen LogP contribution in [0.5, 0.6) is 0 Å². The number of hydrogen-bond acceptors (Lipinski definition) is 5. The van der Waals surface area contributed by atoms with E-state index in [1.54, 1.807) is 18.2 Å². The number of carbonyl (C=O) groups excluding carboxylic acids is 1. The average molecular weight is 298 g/mol. The SMILES string of the molecule is Cc1cc(C(=O)Nc2nc3ccccc3s2)ccc1NN. The van der Waals surface area contributed by atoms with Crippen molar-refractivity contribution in [3.63, 3.8) is 0 Å². The van der Waals surface area contributed by atoms with Crippen LogP contribution in [0, 0.1) is 6.92 Å². The summed E-state index contributed by atoms with van der Waals surface area (Å²) in [5.41, 5.74) is 5.76. The number of nitrogens with two attached hydrogens (primary N) is 1. The predicted molar refractivity (Wildman–Crippen MR) is 86.6 cm³/mol. The number of carbonyl (C=O) groups is 1. The van der Waals surface area contributed by atoms with Crippen LogP contribution >= 0.6 is 11.3 Å². The molecule has 1 aromatic heterocycles. The highest BCUT2D eigenvalue weighted by atomic mass is 32.1. The molecule has 5 nitrogen and oxygen atoms in total. The first-order valence-electron chi connectivity index (χ1n) is 6.41. The van der Waals surface area contributed by atoms with Crippen molar-refractivity contribution in [2.24, 2.45) is 5.84 Å². The smallest absolute Gasteiger partial charge is 0.257 e. The molecule has 0 saturated carbocycles. The molecule has 1 amide bonds. The summed E-state index contributed by atoms with van der Waals surface area (Å²) in [6.07, 6.45) is 0. The minimum absolute atomic E-state index is 0.180. The molecule has 3 aromatic rings. The summed E-state index contributed by atoms with van der Waals surface area (Å²) in [5.74, 6) is 5.20.